The summed E-state index contributed by atoms with van der Waals surface area (Å²) in [6.45, 7) is 6.32. The molecule has 2 aromatic heterocycles. The van der Waals surface area contributed by atoms with E-state index >= 15 is 0 Å². The molecule has 2 amide bonds. The number of nitrogens with zero attached hydrogens (tertiary/aromatic N) is 3. The highest BCUT2D eigenvalue weighted by Gasteiger charge is 2.30. The molecule has 0 aliphatic rings. The van der Waals surface area contributed by atoms with Crippen LogP contribution in [0.4, 0.5) is 19.0 Å². The Morgan fingerprint density at radius 2 is 1.61 bits per heavy atom. The fourth-order valence-electron chi connectivity index (χ4n) is 5.32. The minimum absolute atomic E-state index is 0.0961. The third-order valence-corrected chi connectivity index (χ3v) is 7.79. The molecule has 3 aromatic carbocycles. The van der Waals surface area contributed by atoms with Crippen molar-refractivity contribution in [3.8, 4) is 11.3 Å². The summed E-state index contributed by atoms with van der Waals surface area (Å²) in [6.07, 6.45) is -2.98. The molecule has 0 radical (unpaired) electrons. The summed E-state index contributed by atoms with van der Waals surface area (Å²) in [5.74, 6) is -0.359. The molecular weight excluding hydrogens is 591 g/mol. The van der Waals surface area contributed by atoms with Crippen LogP contribution in [0.25, 0.3) is 22.2 Å². The Morgan fingerprint density at radius 3 is 2.30 bits per heavy atom. The number of amides is 2. The van der Waals surface area contributed by atoms with Crippen molar-refractivity contribution in [2.45, 2.75) is 32.5 Å². The minimum Gasteiger partial charge on any atom is -0.343 e. The number of likely N-dealkylation sites (N-methyl/N-ethyl adjacent to an activating group) is 1. The van der Waals surface area contributed by atoms with Crippen molar-refractivity contribution >= 4 is 28.5 Å². The van der Waals surface area contributed by atoms with E-state index in [0.29, 0.717) is 43.1 Å². The number of alkyl halides is 3. The highest BCUT2D eigenvalue weighted by Crippen LogP contribution is 2.31. The molecule has 46 heavy (non-hydrogen) atoms. The van der Waals surface area contributed by atoms with E-state index in [4.69, 9.17) is 0 Å². The van der Waals surface area contributed by atoms with E-state index < -0.39 is 17.6 Å². The van der Waals surface area contributed by atoms with Gasteiger partial charge in [-0.25, -0.2) is 4.98 Å². The monoisotopic (exact) mass is 625 g/mol. The van der Waals surface area contributed by atoms with Crippen LogP contribution in [0.2, 0.25) is 0 Å². The van der Waals surface area contributed by atoms with Gasteiger partial charge in [0.15, 0.2) is 0 Å². The molecule has 2 heterocycles. The van der Waals surface area contributed by atoms with Gasteiger partial charge in [-0.15, -0.1) is 0 Å². The quantitative estimate of drug-likeness (QED) is 0.161. The van der Waals surface area contributed by atoms with Crippen LogP contribution >= 0.6 is 0 Å². The van der Waals surface area contributed by atoms with Gasteiger partial charge in [0.25, 0.3) is 5.91 Å². The number of benzene rings is 3. The number of carbonyl (C=O) groups excluding carboxylic acids is 2. The molecule has 2 N–H and O–H groups in total. The second kappa shape index (κ2) is 14.3. The Hall–Kier alpha value is -5.09. The highest BCUT2D eigenvalue weighted by atomic mass is 19.4. The molecule has 5 aromatic rings. The van der Waals surface area contributed by atoms with Crippen molar-refractivity contribution in [3.63, 3.8) is 0 Å². The molecule has 10 heteroatoms. The fourth-order valence-corrected chi connectivity index (χ4v) is 5.32. The first-order valence-corrected chi connectivity index (χ1v) is 15.1. The van der Waals surface area contributed by atoms with E-state index in [-0.39, 0.29) is 23.1 Å². The normalized spacial score (nSPS) is 12.1. The molecule has 0 saturated heterocycles. The standard InChI is InChI=1S/C36H34F3N5O2/c1-3-44(4-2)35(46)30(25-9-6-5-7-10-25)23-40-22-24-12-18-31-27(21-24)15-19-32(42-31)43-34(45)29-11-8-20-41-33(29)26-13-16-28(17-14-26)36(37,38)39/h5-21,30,40H,3-4,22-23H2,1-2H3,(H,42,43,45)/t30-/m1/s1. The van der Waals surface area contributed by atoms with E-state index in [1.54, 1.807) is 18.2 Å². The molecule has 0 bridgehead atoms. The number of pyridine rings is 2. The first kappa shape index (κ1) is 32.3. The van der Waals surface area contributed by atoms with Gasteiger partial charge in [0.1, 0.15) is 5.82 Å². The Balaban J connectivity index is 1.26. The molecule has 236 valence electrons. The van der Waals surface area contributed by atoms with Crippen molar-refractivity contribution in [1.82, 2.24) is 20.2 Å². The average Bonchev–Trinajstić information content (AvgIpc) is 3.07. The zero-order valence-electron chi connectivity index (χ0n) is 25.5. The van der Waals surface area contributed by atoms with Crippen LogP contribution in [0.3, 0.4) is 0 Å². The maximum atomic E-state index is 13.3. The number of halogens is 3. The van der Waals surface area contributed by atoms with Crippen LogP contribution in [-0.4, -0.2) is 46.3 Å². The van der Waals surface area contributed by atoms with Crippen LogP contribution in [-0.2, 0) is 17.5 Å². The van der Waals surface area contributed by atoms with Gasteiger partial charge in [-0.05, 0) is 73.5 Å². The van der Waals surface area contributed by atoms with Gasteiger partial charge in [0.2, 0.25) is 5.91 Å². The number of carbonyl (C=O) groups is 2. The Kier molecular flexibility index (Phi) is 10.1. The number of anilines is 1. The predicted octanol–water partition coefficient (Wildman–Crippen LogP) is 7.31. The summed E-state index contributed by atoms with van der Waals surface area (Å²) >= 11 is 0. The molecule has 0 unspecified atom stereocenters. The zero-order chi connectivity index (χ0) is 32.7. The topological polar surface area (TPSA) is 87.2 Å². The zero-order valence-corrected chi connectivity index (χ0v) is 25.5. The maximum absolute atomic E-state index is 13.3. The van der Waals surface area contributed by atoms with Crippen molar-refractivity contribution < 1.29 is 22.8 Å². The van der Waals surface area contributed by atoms with Gasteiger partial charge in [-0.3, -0.25) is 14.6 Å². The molecular formula is C36H34F3N5O2. The van der Waals surface area contributed by atoms with Crippen molar-refractivity contribution in [3.05, 3.63) is 126 Å². The molecule has 5 rings (SSSR count). The van der Waals surface area contributed by atoms with Gasteiger partial charge in [-0.1, -0.05) is 48.5 Å². The Labute approximate surface area is 265 Å². The first-order chi connectivity index (χ1) is 22.2. The lowest BCUT2D eigenvalue weighted by molar-refractivity contribution is -0.137. The van der Waals surface area contributed by atoms with Crippen LogP contribution < -0.4 is 10.6 Å². The highest BCUT2D eigenvalue weighted by molar-refractivity contribution is 6.08. The van der Waals surface area contributed by atoms with Gasteiger partial charge in [0.05, 0.1) is 28.3 Å². The molecule has 0 aliphatic heterocycles. The van der Waals surface area contributed by atoms with Crippen molar-refractivity contribution in [1.29, 1.82) is 0 Å². The first-order valence-electron chi connectivity index (χ1n) is 15.1. The summed E-state index contributed by atoms with van der Waals surface area (Å²) in [5, 5.41) is 7.11. The van der Waals surface area contributed by atoms with E-state index in [1.165, 1.54) is 18.3 Å². The third-order valence-electron chi connectivity index (χ3n) is 7.79. The molecule has 1 atom stereocenters. The fraction of sp³-hybridized carbons (Fsp3) is 0.222. The van der Waals surface area contributed by atoms with Gasteiger partial charge < -0.3 is 15.5 Å². The second-order valence-corrected chi connectivity index (χ2v) is 10.8. The van der Waals surface area contributed by atoms with Crippen molar-refractivity contribution in [2.75, 3.05) is 25.0 Å². The Bertz CT molecular complexity index is 1810. The SMILES string of the molecule is CCN(CC)C(=O)[C@H](CNCc1ccc2nc(NC(=O)c3cccnc3-c3ccc(C(F)(F)F)cc3)ccc2c1)c1ccccc1. The molecule has 0 fully saturated rings. The second-order valence-electron chi connectivity index (χ2n) is 10.8. The molecule has 7 nitrogen and oxygen atoms in total. The number of aromatic nitrogens is 2. The predicted molar refractivity (Wildman–Crippen MR) is 173 cm³/mol. The van der Waals surface area contributed by atoms with E-state index in [1.807, 2.05) is 73.3 Å². The largest absolute Gasteiger partial charge is 0.416 e. The lowest BCUT2D eigenvalue weighted by atomic mass is 9.97. The third kappa shape index (κ3) is 7.58. The number of nitrogens with one attached hydrogen (secondary N) is 2. The van der Waals surface area contributed by atoms with Gasteiger partial charge >= 0.3 is 6.18 Å². The van der Waals surface area contributed by atoms with E-state index in [2.05, 4.69) is 20.6 Å². The lowest BCUT2D eigenvalue weighted by Crippen LogP contribution is -2.38. The smallest absolute Gasteiger partial charge is 0.343 e. The molecule has 0 aliphatic carbocycles. The van der Waals surface area contributed by atoms with Gasteiger partial charge in [0, 0.05) is 43.3 Å². The number of fused-ring (bicyclic) bond motifs is 1. The molecule has 0 saturated carbocycles. The van der Waals surface area contributed by atoms with E-state index in [0.717, 1.165) is 28.6 Å². The Morgan fingerprint density at radius 1 is 0.870 bits per heavy atom. The number of rotatable bonds is 11. The number of hydrogen-bond donors (Lipinski definition) is 2. The summed E-state index contributed by atoms with van der Waals surface area (Å²) in [4.78, 5) is 37.2. The lowest BCUT2D eigenvalue weighted by Gasteiger charge is -2.26. The van der Waals surface area contributed by atoms with Gasteiger partial charge in [-0.2, -0.15) is 13.2 Å². The summed E-state index contributed by atoms with van der Waals surface area (Å²) in [5.41, 5.74) is 2.75. The van der Waals surface area contributed by atoms with E-state index in [9.17, 15) is 22.8 Å². The minimum atomic E-state index is -4.46. The number of hydrogen-bond acceptors (Lipinski definition) is 5. The summed E-state index contributed by atoms with van der Waals surface area (Å²) in [7, 11) is 0. The average molecular weight is 626 g/mol. The maximum Gasteiger partial charge on any atom is 0.416 e. The van der Waals surface area contributed by atoms with Crippen LogP contribution in [0.1, 0.15) is 46.8 Å². The molecule has 0 spiro atoms. The van der Waals surface area contributed by atoms with Crippen molar-refractivity contribution in [2.24, 2.45) is 0 Å². The van der Waals surface area contributed by atoms with Crippen LogP contribution in [0.5, 0.6) is 0 Å². The summed E-state index contributed by atoms with van der Waals surface area (Å²) < 4.78 is 39.1. The van der Waals surface area contributed by atoms with Crippen LogP contribution in [0, 0.1) is 0 Å². The summed E-state index contributed by atoms with van der Waals surface area (Å²) in [6, 6.07) is 26.9. The van der Waals surface area contributed by atoms with Crippen LogP contribution in [0.15, 0.2) is 103 Å².